The zero-order chi connectivity index (χ0) is 21.0. The van der Waals surface area contributed by atoms with Gasteiger partial charge in [0.05, 0.1) is 12.8 Å². The molecule has 3 aromatic rings. The van der Waals surface area contributed by atoms with Crippen molar-refractivity contribution < 1.29 is 31.6 Å². The van der Waals surface area contributed by atoms with Gasteiger partial charge in [0, 0.05) is 19.2 Å². The lowest BCUT2D eigenvalue weighted by molar-refractivity contribution is -0.159. The fraction of sp³-hybridized carbons (Fsp3) is 0.316. The van der Waals surface area contributed by atoms with Crippen LogP contribution in [0.4, 0.5) is 13.2 Å². The number of amides is 1. The highest BCUT2D eigenvalue weighted by molar-refractivity contribution is 5.80. The zero-order valence-corrected chi connectivity index (χ0v) is 15.6. The van der Waals surface area contributed by atoms with Crippen molar-refractivity contribution in [1.29, 1.82) is 0 Å². The lowest BCUT2D eigenvalue weighted by Gasteiger charge is -2.24. The normalized spacial score (nSPS) is 12.7. The molecule has 2 aromatic heterocycles. The summed E-state index contributed by atoms with van der Waals surface area (Å²) >= 11 is 0. The minimum atomic E-state index is -4.70. The lowest BCUT2D eigenvalue weighted by atomic mass is 10.1. The van der Waals surface area contributed by atoms with Gasteiger partial charge < -0.3 is 18.6 Å². The van der Waals surface area contributed by atoms with E-state index in [2.05, 4.69) is 14.7 Å². The molecule has 0 fully saturated rings. The summed E-state index contributed by atoms with van der Waals surface area (Å²) in [4.78, 5) is 17.5. The summed E-state index contributed by atoms with van der Waals surface area (Å²) in [6, 6.07) is 9.98. The molecular weight excluding hydrogens is 391 g/mol. The number of rotatable bonds is 7. The number of nitrogens with zero attached hydrogens (tertiary/aromatic N) is 3. The van der Waals surface area contributed by atoms with Crippen molar-refractivity contribution in [2.75, 3.05) is 7.11 Å². The molecule has 154 valence electrons. The Morgan fingerprint density at radius 2 is 1.93 bits per heavy atom. The van der Waals surface area contributed by atoms with E-state index < -0.39 is 18.2 Å². The highest BCUT2D eigenvalue weighted by atomic mass is 19.4. The number of carbonyl (C=O) groups is 1. The number of methoxy groups -OCH3 is 1. The fourth-order valence-electron chi connectivity index (χ4n) is 2.60. The van der Waals surface area contributed by atoms with Crippen LogP contribution in [0.5, 0.6) is 0 Å². The summed E-state index contributed by atoms with van der Waals surface area (Å²) < 4.78 is 52.5. The molecule has 1 unspecified atom stereocenters. The molecule has 0 bridgehead atoms. The van der Waals surface area contributed by atoms with Crippen LogP contribution in [0.2, 0.25) is 0 Å². The Hall–Kier alpha value is -3.14. The van der Waals surface area contributed by atoms with Crippen LogP contribution in [-0.2, 0) is 28.8 Å². The third kappa shape index (κ3) is 5.02. The van der Waals surface area contributed by atoms with Gasteiger partial charge in [-0.1, -0.05) is 29.4 Å². The molecule has 0 N–H and O–H groups in total. The van der Waals surface area contributed by atoms with Crippen LogP contribution in [0.15, 0.2) is 51.6 Å². The Bertz CT molecular complexity index is 937. The number of hydrogen-bond acceptors (Lipinski definition) is 6. The van der Waals surface area contributed by atoms with Crippen molar-refractivity contribution >= 4 is 5.91 Å². The number of aromatic nitrogens is 2. The van der Waals surface area contributed by atoms with Crippen LogP contribution < -0.4 is 0 Å². The van der Waals surface area contributed by atoms with E-state index in [0.29, 0.717) is 11.3 Å². The van der Waals surface area contributed by atoms with Crippen molar-refractivity contribution in [3.63, 3.8) is 0 Å². The van der Waals surface area contributed by atoms with E-state index in [1.807, 2.05) is 0 Å². The lowest BCUT2D eigenvalue weighted by Crippen LogP contribution is -2.37. The molecular formula is C19H18F3N3O4. The first-order chi connectivity index (χ1) is 13.8. The van der Waals surface area contributed by atoms with Gasteiger partial charge in [-0.15, -0.1) is 0 Å². The second-order valence-electron chi connectivity index (χ2n) is 6.27. The first-order valence-electron chi connectivity index (χ1n) is 8.62. The number of ether oxygens (including phenoxy) is 1. The minimum Gasteiger partial charge on any atom is -0.467 e. The van der Waals surface area contributed by atoms with Crippen molar-refractivity contribution in [2.45, 2.75) is 32.3 Å². The predicted octanol–water partition coefficient (Wildman–Crippen LogP) is 3.91. The highest BCUT2D eigenvalue weighted by Crippen LogP contribution is 2.29. The molecule has 3 rings (SSSR count). The molecule has 10 heteroatoms. The third-order valence-electron chi connectivity index (χ3n) is 4.19. The first-order valence-corrected chi connectivity index (χ1v) is 8.62. The average Bonchev–Trinajstić information content (AvgIpc) is 3.38. The molecule has 0 aliphatic rings. The van der Waals surface area contributed by atoms with Gasteiger partial charge in [-0.25, -0.2) is 0 Å². The van der Waals surface area contributed by atoms with Gasteiger partial charge in [-0.05, 0) is 24.6 Å². The van der Waals surface area contributed by atoms with Gasteiger partial charge in [0.25, 0.3) is 5.91 Å². The molecule has 7 nitrogen and oxygen atoms in total. The second kappa shape index (κ2) is 8.48. The van der Waals surface area contributed by atoms with E-state index in [4.69, 9.17) is 9.15 Å². The zero-order valence-electron chi connectivity index (χ0n) is 15.6. The van der Waals surface area contributed by atoms with Crippen molar-refractivity contribution in [2.24, 2.45) is 0 Å². The van der Waals surface area contributed by atoms with Crippen LogP contribution in [-0.4, -0.2) is 34.2 Å². The summed E-state index contributed by atoms with van der Waals surface area (Å²) in [5.41, 5.74) is 1.12. The summed E-state index contributed by atoms with van der Waals surface area (Å²) in [7, 11) is 1.45. The number of hydrogen-bond donors (Lipinski definition) is 0. The minimum absolute atomic E-state index is 0.166. The summed E-state index contributed by atoms with van der Waals surface area (Å²) in [5, 5.41) is 3.36. The Labute approximate surface area is 164 Å². The van der Waals surface area contributed by atoms with Gasteiger partial charge >= 0.3 is 12.1 Å². The van der Waals surface area contributed by atoms with Crippen LogP contribution in [0.1, 0.15) is 24.1 Å². The number of halogens is 3. The topological polar surface area (TPSA) is 81.6 Å². The molecule has 0 saturated heterocycles. The van der Waals surface area contributed by atoms with E-state index in [-0.39, 0.29) is 24.8 Å². The summed E-state index contributed by atoms with van der Waals surface area (Å²) in [5.74, 6) is -1.17. The number of furan rings is 1. The summed E-state index contributed by atoms with van der Waals surface area (Å²) in [6.07, 6.45) is -3.81. The van der Waals surface area contributed by atoms with Crippen molar-refractivity contribution in [3.8, 4) is 11.4 Å². The van der Waals surface area contributed by atoms with E-state index in [9.17, 15) is 18.0 Å². The number of alkyl halides is 3. The Balaban J connectivity index is 1.76. The summed E-state index contributed by atoms with van der Waals surface area (Å²) in [6.45, 7) is 2.16. The monoisotopic (exact) mass is 409 g/mol. The van der Waals surface area contributed by atoms with E-state index in [0.717, 1.165) is 5.56 Å². The van der Waals surface area contributed by atoms with Gasteiger partial charge in [0.15, 0.2) is 0 Å². The Morgan fingerprint density at radius 3 is 2.48 bits per heavy atom. The largest absolute Gasteiger partial charge is 0.471 e. The first kappa shape index (κ1) is 20.6. The molecule has 0 spiro atoms. The maximum Gasteiger partial charge on any atom is 0.471 e. The third-order valence-corrected chi connectivity index (χ3v) is 4.19. The molecule has 1 amide bonds. The molecule has 1 aromatic carbocycles. The smallest absolute Gasteiger partial charge is 0.467 e. The maximum absolute atomic E-state index is 12.6. The van der Waals surface area contributed by atoms with Crippen molar-refractivity contribution in [3.05, 3.63) is 59.9 Å². The van der Waals surface area contributed by atoms with Crippen LogP contribution in [0.3, 0.4) is 0 Å². The van der Waals surface area contributed by atoms with E-state index >= 15 is 0 Å². The molecule has 29 heavy (non-hydrogen) atoms. The maximum atomic E-state index is 12.6. The second-order valence-corrected chi connectivity index (χ2v) is 6.27. The van der Waals surface area contributed by atoms with Gasteiger partial charge in [-0.2, -0.15) is 18.2 Å². The van der Waals surface area contributed by atoms with E-state index in [1.54, 1.807) is 48.2 Å². The van der Waals surface area contributed by atoms with Gasteiger partial charge in [-0.3, -0.25) is 4.79 Å². The van der Waals surface area contributed by atoms with E-state index in [1.165, 1.54) is 13.4 Å². The van der Waals surface area contributed by atoms with Crippen LogP contribution >= 0.6 is 0 Å². The van der Waals surface area contributed by atoms with Gasteiger partial charge in [0.1, 0.15) is 11.9 Å². The van der Waals surface area contributed by atoms with Crippen molar-refractivity contribution in [1.82, 2.24) is 15.0 Å². The fourth-order valence-corrected chi connectivity index (χ4v) is 2.60. The Kier molecular flexibility index (Phi) is 6.02. The van der Waals surface area contributed by atoms with Crippen LogP contribution in [0.25, 0.3) is 11.4 Å². The van der Waals surface area contributed by atoms with Gasteiger partial charge in [0.2, 0.25) is 5.82 Å². The average molecular weight is 409 g/mol. The number of carbonyl (C=O) groups excluding carboxylic acids is 1. The quantitative estimate of drug-likeness (QED) is 0.589. The molecule has 0 saturated carbocycles. The molecule has 1 atom stereocenters. The standard InChI is InChI=1S/C19H18F3N3O4/c1-12(27-2)17(26)25(11-15-4-3-9-28-15)10-13-5-7-14(8-6-13)16-23-18(29-24-16)19(20,21)22/h3-9,12H,10-11H2,1-2H3. The molecule has 0 radical (unpaired) electrons. The predicted molar refractivity (Wildman–Crippen MR) is 94.2 cm³/mol. The molecule has 2 heterocycles. The SMILES string of the molecule is COC(C)C(=O)N(Cc1ccc(-c2noc(C(F)(F)F)n2)cc1)Cc1ccco1. The molecule has 0 aliphatic carbocycles. The van der Waals surface area contributed by atoms with Crippen LogP contribution in [0, 0.1) is 0 Å². The number of benzene rings is 1. The molecule has 0 aliphatic heterocycles. The highest BCUT2D eigenvalue weighted by Gasteiger charge is 2.38. The Morgan fingerprint density at radius 1 is 1.21 bits per heavy atom.